The summed E-state index contributed by atoms with van der Waals surface area (Å²) in [4.78, 5) is 33.1. The molecule has 3 atom stereocenters. The molecule has 1 saturated carbocycles. The highest BCUT2D eigenvalue weighted by Crippen LogP contribution is 2.47. The molecule has 3 unspecified atom stereocenters. The third-order valence-corrected chi connectivity index (χ3v) is 7.60. The molecule has 0 radical (unpaired) electrons. The lowest BCUT2D eigenvalue weighted by atomic mass is 10.1. The lowest BCUT2D eigenvalue weighted by molar-refractivity contribution is -0.117. The number of imidazole rings is 1. The number of carbonyl (C=O) groups is 2. The largest absolute Gasteiger partial charge is 0.338 e. The van der Waals surface area contributed by atoms with Crippen molar-refractivity contribution in [1.29, 1.82) is 0 Å². The Morgan fingerprint density at radius 3 is 2.46 bits per heavy atom. The first-order valence-electron chi connectivity index (χ1n) is 11.7. The molecule has 1 fully saturated rings. The van der Waals surface area contributed by atoms with E-state index in [9.17, 15) is 9.59 Å². The molecule has 2 heterocycles. The van der Waals surface area contributed by atoms with E-state index in [0.29, 0.717) is 5.92 Å². The number of nitrogens with zero attached hydrogens (tertiary/aromatic N) is 1. The van der Waals surface area contributed by atoms with Crippen LogP contribution in [0.3, 0.4) is 0 Å². The van der Waals surface area contributed by atoms with Gasteiger partial charge in [-0.3, -0.25) is 9.59 Å². The average molecular weight is 481 g/mol. The Kier molecular flexibility index (Phi) is 5.62. The van der Waals surface area contributed by atoms with Gasteiger partial charge >= 0.3 is 0 Å². The zero-order valence-corrected chi connectivity index (χ0v) is 19.7. The summed E-state index contributed by atoms with van der Waals surface area (Å²) in [7, 11) is 0. The zero-order chi connectivity index (χ0) is 23.8. The van der Waals surface area contributed by atoms with E-state index in [2.05, 4.69) is 32.7 Å². The molecule has 6 nitrogen and oxygen atoms in total. The first-order chi connectivity index (χ1) is 17.1. The van der Waals surface area contributed by atoms with Crippen LogP contribution < -0.4 is 10.6 Å². The van der Waals surface area contributed by atoms with Crippen molar-refractivity contribution in [2.75, 3.05) is 10.6 Å². The number of hydrogen-bond donors (Lipinski definition) is 3. The maximum absolute atomic E-state index is 12.7. The van der Waals surface area contributed by atoms with Crippen LogP contribution in [0.1, 0.15) is 24.3 Å². The molecule has 1 aromatic heterocycles. The number of benzene rings is 3. The normalized spacial score (nSPS) is 20.6. The number of amides is 2. The van der Waals surface area contributed by atoms with Crippen LogP contribution >= 0.6 is 11.8 Å². The van der Waals surface area contributed by atoms with Crippen LogP contribution in [0.25, 0.3) is 22.4 Å². The van der Waals surface area contributed by atoms with Gasteiger partial charge in [0, 0.05) is 22.9 Å². The fourth-order valence-corrected chi connectivity index (χ4v) is 5.32. The molecule has 0 saturated heterocycles. The van der Waals surface area contributed by atoms with Crippen molar-refractivity contribution in [3.05, 3.63) is 89.8 Å². The van der Waals surface area contributed by atoms with Crippen LogP contribution in [-0.4, -0.2) is 27.0 Å². The number of allylic oxidation sites excluding steroid dienone is 1. The Morgan fingerprint density at radius 1 is 0.914 bits per heavy atom. The van der Waals surface area contributed by atoms with Crippen molar-refractivity contribution in [1.82, 2.24) is 9.97 Å². The molecule has 3 N–H and O–H groups in total. The van der Waals surface area contributed by atoms with Crippen LogP contribution in [0.15, 0.2) is 84.3 Å². The van der Waals surface area contributed by atoms with Gasteiger partial charge in [0.1, 0.15) is 5.82 Å². The molecule has 4 aromatic rings. The number of nitrogens with one attached hydrogen (secondary N) is 3. The molecular weight excluding hydrogens is 456 g/mol. The summed E-state index contributed by atoms with van der Waals surface area (Å²) in [6.07, 6.45) is 3.67. The van der Waals surface area contributed by atoms with E-state index < -0.39 is 0 Å². The first kappa shape index (κ1) is 21.7. The Bertz CT molecular complexity index is 1420. The zero-order valence-electron chi connectivity index (χ0n) is 18.9. The van der Waals surface area contributed by atoms with E-state index in [-0.39, 0.29) is 23.0 Å². The Labute approximate surface area is 207 Å². The average Bonchev–Trinajstić information content (AvgIpc) is 3.28. The Balaban J connectivity index is 1.12. The summed E-state index contributed by atoms with van der Waals surface area (Å²) in [5.74, 6) is 1.14. The van der Waals surface area contributed by atoms with E-state index in [0.717, 1.165) is 46.6 Å². The van der Waals surface area contributed by atoms with Gasteiger partial charge in [0.25, 0.3) is 0 Å². The second-order valence-electron chi connectivity index (χ2n) is 8.96. The van der Waals surface area contributed by atoms with Crippen molar-refractivity contribution < 1.29 is 9.59 Å². The van der Waals surface area contributed by atoms with Crippen molar-refractivity contribution in [2.24, 2.45) is 5.92 Å². The van der Waals surface area contributed by atoms with Gasteiger partial charge in [0.05, 0.1) is 16.3 Å². The van der Waals surface area contributed by atoms with Gasteiger partial charge in [0.2, 0.25) is 11.8 Å². The predicted octanol–water partition coefficient (Wildman–Crippen LogP) is 5.93. The number of aromatic amines is 1. The highest BCUT2D eigenvalue weighted by molar-refractivity contribution is 8.03. The third kappa shape index (κ3) is 4.59. The fraction of sp³-hybridized carbons (Fsp3) is 0.179. The van der Waals surface area contributed by atoms with Gasteiger partial charge in [-0.15, -0.1) is 11.8 Å². The van der Waals surface area contributed by atoms with E-state index in [1.54, 1.807) is 11.8 Å². The molecule has 6 rings (SSSR count). The van der Waals surface area contributed by atoms with Gasteiger partial charge in [-0.1, -0.05) is 36.4 Å². The lowest BCUT2D eigenvalue weighted by Gasteiger charge is -2.10. The quantitative estimate of drug-likeness (QED) is 0.319. The number of fused-ring (bicyclic) bond motifs is 1. The van der Waals surface area contributed by atoms with E-state index in [1.807, 2.05) is 72.1 Å². The number of carbonyl (C=O) groups excluding carboxylic acids is 2. The van der Waals surface area contributed by atoms with Gasteiger partial charge in [-0.05, 0) is 72.2 Å². The molecule has 35 heavy (non-hydrogen) atoms. The molecule has 3 aromatic carbocycles. The molecule has 2 amide bonds. The summed E-state index contributed by atoms with van der Waals surface area (Å²) in [6, 6.07) is 23.6. The predicted molar refractivity (Wildman–Crippen MR) is 141 cm³/mol. The Morgan fingerprint density at radius 2 is 1.69 bits per heavy atom. The maximum atomic E-state index is 12.7. The van der Waals surface area contributed by atoms with Gasteiger partial charge in [-0.25, -0.2) is 4.98 Å². The fourth-order valence-electron chi connectivity index (χ4n) is 4.50. The number of anilines is 2. The maximum Gasteiger partial charge on any atom is 0.238 e. The van der Waals surface area contributed by atoms with Crippen molar-refractivity contribution in [3.8, 4) is 11.4 Å². The van der Waals surface area contributed by atoms with Crippen molar-refractivity contribution in [3.63, 3.8) is 0 Å². The van der Waals surface area contributed by atoms with Crippen LogP contribution in [0.2, 0.25) is 0 Å². The number of rotatable bonds is 6. The van der Waals surface area contributed by atoms with Crippen LogP contribution in [-0.2, 0) is 9.59 Å². The summed E-state index contributed by atoms with van der Waals surface area (Å²) in [5.41, 5.74) is 5.35. The van der Waals surface area contributed by atoms with E-state index in [1.165, 1.54) is 5.56 Å². The standard InChI is InChI=1S/C28H24N4O2S/c33-27(22-16-21(22)17-5-2-1-3-6-17)30-20-12-13-23-24(15-20)32-26(31-23)18-8-10-19(11-9-18)29-28(34)25-7-4-14-35-25/h1-6,8-15,21-22,25H,7,16H2,(H,29,34)(H,30,33)(H,31,32). The highest BCUT2D eigenvalue weighted by atomic mass is 32.2. The molecule has 2 aliphatic rings. The second kappa shape index (κ2) is 9.07. The van der Waals surface area contributed by atoms with Crippen LogP contribution in [0.5, 0.6) is 0 Å². The molecule has 1 aliphatic carbocycles. The van der Waals surface area contributed by atoms with Crippen LogP contribution in [0, 0.1) is 5.92 Å². The molecule has 174 valence electrons. The Hall–Kier alpha value is -3.84. The molecule has 7 heteroatoms. The minimum atomic E-state index is -0.0520. The minimum absolute atomic E-state index is 0.0207. The second-order valence-corrected chi connectivity index (χ2v) is 10.1. The molecule has 1 aliphatic heterocycles. The van der Waals surface area contributed by atoms with Crippen molar-refractivity contribution in [2.45, 2.75) is 24.0 Å². The highest BCUT2D eigenvalue weighted by Gasteiger charge is 2.43. The van der Waals surface area contributed by atoms with E-state index in [4.69, 9.17) is 0 Å². The van der Waals surface area contributed by atoms with Crippen molar-refractivity contribution >= 4 is 46.0 Å². The summed E-state index contributed by atoms with van der Waals surface area (Å²) < 4.78 is 0. The number of hydrogen-bond acceptors (Lipinski definition) is 4. The number of thioether (sulfide) groups is 1. The van der Waals surface area contributed by atoms with Crippen LogP contribution in [0.4, 0.5) is 11.4 Å². The SMILES string of the molecule is O=C(Nc1ccc(-c2nc3ccc(NC(=O)C4CC4c4ccccc4)cc3[nH]2)cc1)C1CC=CS1. The van der Waals surface area contributed by atoms with Gasteiger partial charge in [0.15, 0.2) is 0 Å². The minimum Gasteiger partial charge on any atom is -0.338 e. The van der Waals surface area contributed by atoms with E-state index >= 15 is 0 Å². The topological polar surface area (TPSA) is 86.9 Å². The first-order valence-corrected chi connectivity index (χ1v) is 12.7. The van der Waals surface area contributed by atoms with Gasteiger partial charge in [-0.2, -0.15) is 0 Å². The third-order valence-electron chi connectivity index (χ3n) is 6.51. The number of aromatic nitrogens is 2. The monoisotopic (exact) mass is 480 g/mol. The smallest absolute Gasteiger partial charge is 0.238 e. The lowest BCUT2D eigenvalue weighted by Crippen LogP contribution is -2.22. The van der Waals surface area contributed by atoms with Gasteiger partial charge < -0.3 is 15.6 Å². The summed E-state index contributed by atoms with van der Waals surface area (Å²) >= 11 is 1.55. The molecular formula is C28H24N4O2S. The summed E-state index contributed by atoms with van der Waals surface area (Å²) in [5, 5.41) is 7.95. The molecule has 0 bridgehead atoms. The summed E-state index contributed by atoms with van der Waals surface area (Å²) in [6.45, 7) is 0. The molecule has 0 spiro atoms. The number of H-pyrrole nitrogens is 1.